The molecule has 10 nitrogen and oxygen atoms in total. The first kappa shape index (κ1) is 25.2. The highest BCUT2D eigenvalue weighted by molar-refractivity contribution is 5.84. The molecule has 0 spiro atoms. The third-order valence-electron chi connectivity index (χ3n) is 4.43. The zero-order valence-electron chi connectivity index (χ0n) is 19.1. The molecule has 0 bridgehead atoms. The van der Waals surface area contributed by atoms with Crippen LogP contribution < -0.4 is 29.8 Å². The van der Waals surface area contributed by atoms with Gasteiger partial charge in [-0.2, -0.15) is 10.2 Å². The number of carbonyl (C=O) groups excluding carboxylic acids is 2. The molecule has 0 unspecified atom stereocenters. The Morgan fingerprint density at radius 2 is 1.09 bits per heavy atom. The fourth-order valence-corrected chi connectivity index (χ4v) is 2.75. The van der Waals surface area contributed by atoms with E-state index in [1.165, 1.54) is 26.6 Å². The molecule has 2 aromatic carbocycles. The number of methoxy groups -OCH3 is 4. The Hall–Kier alpha value is -4.08. The minimum Gasteiger partial charge on any atom is -0.493 e. The number of nitrogens with one attached hydrogen (secondary N) is 2. The van der Waals surface area contributed by atoms with Crippen molar-refractivity contribution in [3.8, 4) is 23.0 Å². The fraction of sp³-hybridized carbons (Fsp3) is 0.304. The van der Waals surface area contributed by atoms with Crippen LogP contribution in [-0.2, 0) is 9.59 Å². The molecule has 2 aromatic rings. The minimum atomic E-state index is -0.298. The number of nitrogens with zero attached hydrogens (tertiary/aromatic N) is 2. The van der Waals surface area contributed by atoms with Crippen molar-refractivity contribution in [2.75, 3.05) is 28.4 Å². The molecule has 0 heterocycles. The second kappa shape index (κ2) is 13.4. The van der Waals surface area contributed by atoms with E-state index in [0.29, 0.717) is 29.4 Å². The molecule has 0 atom stereocenters. The molecule has 2 amide bonds. The van der Waals surface area contributed by atoms with Crippen molar-refractivity contribution in [1.82, 2.24) is 10.9 Å². The second-order valence-electron chi connectivity index (χ2n) is 6.67. The maximum absolute atomic E-state index is 11.9. The van der Waals surface area contributed by atoms with Crippen LogP contribution in [0.2, 0.25) is 0 Å². The Morgan fingerprint density at radius 3 is 1.45 bits per heavy atom. The van der Waals surface area contributed by atoms with E-state index >= 15 is 0 Å². The first-order valence-electron chi connectivity index (χ1n) is 10.1. The third kappa shape index (κ3) is 8.17. The molecular weight excluding hydrogens is 428 g/mol. The number of rotatable bonds is 12. The lowest BCUT2D eigenvalue weighted by Gasteiger charge is -2.07. The Balaban J connectivity index is 1.71. The van der Waals surface area contributed by atoms with Gasteiger partial charge in [-0.25, -0.2) is 10.9 Å². The second-order valence-corrected chi connectivity index (χ2v) is 6.67. The molecule has 0 radical (unpaired) electrons. The molecule has 0 aliphatic heterocycles. The molecule has 0 saturated carbocycles. The number of carbonyl (C=O) groups is 2. The number of benzene rings is 2. The van der Waals surface area contributed by atoms with Crippen LogP contribution in [0.4, 0.5) is 0 Å². The molecule has 176 valence electrons. The van der Waals surface area contributed by atoms with E-state index in [-0.39, 0.29) is 24.7 Å². The Labute approximate surface area is 192 Å². The van der Waals surface area contributed by atoms with E-state index in [2.05, 4.69) is 21.1 Å². The molecule has 2 rings (SSSR count). The van der Waals surface area contributed by atoms with Crippen LogP contribution in [0.15, 0.2) is 46.6 Å². The highest BCUT2D eigenvalue weighted by Crippen LogP contribution is 2.27. The number of hydrogen-bond donors (Lipinski definition) is 2. The molecule has 33 heavy (non-hydrogen) atoms. The average molecular weight is 456 g/mol. The molecule has 2 N–H and O–H groups in total. The molecule has 10 heteroatoms. The Kier molecular flexibility index (Phi) is 10.2. The number of amides is 2. The van der Waals surface area contributed by atoms with Gasteiger partial charge in [0.05, 0.1) is 40.9 Å². The van der Waals surface area contributed by atoms with E-state index in [9.17, 15) is 9.59 Å². The lowest BCUT2D eigenvalue weighted by atomic mass is 10.2. The fourth-order valence-electron chi connectivity index (χ4n) is 2.75. The van der Waals surface area contributed by atoms with Gasteiger partial charge in [-0.05, 0) is 53.9 Å². The summed E-state index contributed by atoms with van der Waals surface area (Å²) in [7, 11) is 6.18. The van der Waals surface area contributed by atoms with Gasteiger partial charge in [0.2, 0.25) is 11.8 Å². The normalized spacial score (nSPS) is 10.8. The number of ether oxygens (including phenoxy) is 4. The van der Waals surface area contributed by atoms with Gasteiger partial charge in [-0.3, -0.25) is 9.59 Å². The van der Waals surface area contributed by atoms with Crippen LogP contribution in [0.3, 0.4) is 0 Å². The summed E-state index contributed by atoms with van der Waals surface area (Å²) in [6, 6.07) is 10.5. The Morgan fingerprint density at radius 1 is 0.697 bits per heavy atom. The SMILES string of the molecule is COc1ccc(C=NNC(=O)CCCC(=O)N/N=C/c2ccc(OC)c(OC)c2)cc1OC. The highest BCUT2D eigenvalue weighted by atomic mass is 16.5. The number of hydrazone groups is 2. The van der Waals surface area contributed by atoms with Crippen molar-refractivity contribution in [2.24, 2.45) is 10.2 Å². The summed E-state index contributed by atoms with van der Waals surface area (Å²) in [5, 5.41) is 7.83. The minimum absolute atomic E-state index is 0.149. The summed E-state index contributed by atoms with van der Waals surface area (Å²) in [5.41, 5.74) is 6.33. The zero-order chi connectivity index (χ0) is 24.1. The monoisotopic (exact) mass is 456 g/mol. The van der Waals surface area contributed by atoms with Gasteiger partial charge < -0.3 is 18.9 Å². The summed E-state index contributed by atoms with van der Waals surface area (Å²) >= 11 is 0. The van der Waals surface area contributed by atoms with Crippen molar-refractivity contribution < 1.29 is 28.5 Å². The van der Waals surface area contributed by atoms with Crippen molar-refractivity contribution in [2.45, 2.75) is 19.3 Å². The predicted molar refractivity (Wildman–Crippen MR) is 124 cm³/mol. The first-order valence-corrected chi connectivity index (χ1v) is 10.1. The highest BCUT2D eigenvalue weighted by Gasteiger charge is 2.06. The largest absolute Gasteiger partial charge is 0.493 e. The van der Waals surface area contributed by atoms with Crippen LogP contribution in [0.25, 0.3) is 0 Å². The molecule has 0 aromatic heterocycles. The maximum Gasteiger partial charge on any atom is 0.240 e. The van der Waals surface area contributed by atoms with Crippen LogP contribution in [0.1, 0.15) is 30.4 Å². The third-order valence-corrected chi connectivity index (χ3v) is 4.43. The van der Waals surface area contributed by atoms with Gasteiger partial charge in [0.1, 0.15) is 0 Å². The van der Waals surface area contributed by atoms with Crippen LogP contribution in [-0.4, -0.2) is 52.7 Å². The van der Waals surface area contributed by atoms with Gasteiger partial charge in [-0.15, -0.1) is 0 Å². The van der Waals surface area contributed by atoms with Crippen LogP contribution in [0, 0.1) is 0 Å². The van der Waals surface area contributed by atoms with Gasteiger partial charge in [0.15, 0.2) is 23.0 Å². The van der Waals surface area contributed by atoms with Crippen LogP contribution >= 0.6 is 0 Å². The lowest BCUT2D eigenvalue weighted by molar-refractivity contribution is -0.122. The lowest BCUT2D eigenvalue weighted by Crippen LogP contribution is -2.20. The molecule has 0 saturated heterocycles. The first-order chi connectivity index (χ1) is 16.0. The van der Waals surface area contributed by atoms with Crippen molar-refractivity contribution >= 4 is 24.2 Å². The van der Waals surface area contributed by atoms with E-state index in [1.54, 1.807) is 50.6 Å². The Bertz CT molecular complexity index is 927. The van der Waals surface area contributed by atoms with Crippen molar-refractivity contribution in [1.29, 1.82) is 0 Å². The zero-order valence-corrected chi connectivity index (χ0v) is 19.1. The molecular formula is C23H28N4O6. The summed E-state index contributed by atoms with van der Waals surface area (Å²) in [6.07, 6.45) is 3.65. The van der Waals surface area contributed by atoms with Gasteiger partial charge in [0.25, 0.3) is 0 Å². The van der Waals surface area contributed by atoms with E-state index in [0.717, 1.165) is 11.1 Å². The molecule has 0 aliphatic carbocycles. The van der Waals surface area contributed by atoms with E-state index < -0.39 is 0 Å². The van der Waals surface area contributed by atoms with Gasteiger partial charge in [0, 0.05) is 12.8 Å². The van der Waals surface area contributed by atoms with Gasteiger partial charge >= 0.3 is 0 Å². The summed E-state index contributed by atoms with van der Waals surface area (Å²) in [5.74, 6) is 1.73. The topological polar surface area (TPSA) is 120 Å². The van der Waals surface area contributed by atoms with Crippen molar-refractivity contribution in [3.05, 3.63) is 47.5 Å². The summed E-state index contributed by atoms with van der Waals surface area (Å²) in [6.45, 7) is 0. The summed E-state index contributed by atoms with van der Waals surface area (Å²) in [4.78, 5) is 23.8. The van der Waals surface area contributed by atoms with Crippen molar-refractivity contribution in [3.63, 3.8) is 0 Å². The predicted octanol–water partition coefficient (Wildman–Crippen LogP) is 2.49. The van der Waals surface area contributed by atoms with Gasteiger partial charge in [-0.1, -0.05) is 0 Å². The van der Waals surface area contributed by atoms with Crippen LogP contribution in [0.5, 0.6) is 23.0 Å². The smallest absolute Gasteiger partial charge is 0.240 e. The quantitative estimate of drug-likeness (QED) is 0.374. The average Bonchev–Trinajstić information content (AvgIpc) is 2.83. The molecule has 0 fully saturated rings. The number of hydrogen-bond acceptors (Lipinski definition) is 8. The maximum atomic E-state index is 11.9. The van der Waals surface area contributed by atoms with E-state index in [1.807, 2.05) is 0 Å². The molecule has 0 aliphatic rings. The van der Waals surface area contributed by atoms with E-state index in [4.69, 9.17) is 18.9 Å². The standard InChI is InChI=1S/C23H28N4O6/c1-30-18-10-8-16(12-20(18)32-3)14-24-26-22(28)6-5-7-23(29)27-25-15-17-9-11-19(31-2)21(13-17)33-4/h8-15H,5-7H2,1-4H3,(H,26,28)(H,27,29)/b24-14+,25-15?. The summed E-state index contributed by atoms with van der Waals surface area (Å²) < 4.78 is 20.8.